The second kappa shape index (κ2) is 7.83. The van der Waals surface area contributed by atoms with Gasteiger partial charge in [0.05, 0.1) is 12.3 Å². The smallest absolute Gasteiger partial charge is 0.329 e. The van der Waals surface area contributed by atoms with E-state index in [-0.39, 0.29) is 24.7 Å². The van der Waals surface area contributed by atoms with Crippen LogP contribution in [0, 0.1) is 6.92 Å². The van der Waals surface area contributed by atoms with E-state index in [4.69, 9.17) is 4.74 Å². The fourth-order valence-corrected chi connectivity index (χ4v) is 1.73. The summed E-state index contributed by atoms with van der Waals surface area (Å²) in [6.07, 6.45) is 2.06. The monoisotopic (exact) mass is 285 g/mol. The van der Waals surface area contributed by atoms with Gasteiger partial charge in [-0.3, -0.25) is 9.48 Å². The SMILES string of the molecule is CCOC(=O)[C@H](CS)NC(=O)CCn1ccc(C)n1. The molecule has 1 heterocycles. The van der Waals surface area contributed by atoms with Crippen LogP contribution in [0.15, 0.2) is 12.3 Å². The number of esters is 1. The first-order valence-electron chi connectivity index (χ1n) is 6.13. The van der Waals surface area contributed by atoms with Crippen LogP contribution in [-0.4, -0.2) is 40.1 Å². The third kappa shape index (κ3) is 5.34. The molecule has 7 heteroatoms. The Morgan fingerprint density at radius 1 is 1.58 bits per heavy atom. The number of ether oxygens (including phenoxy) is 1. The maximum atomic E-state index is 11.7. The van der Waals surface area contributed by atoms with E-state index in [0.717, 1.165) is 5.69 Å². The average molecular weight is 285 g/mol. The second-order valence-corrected chi connectivity index (χ2v) is 4.39. The topological polar surface area (TPSA) is 73.2 Å². The van der Waals surface area contributed by atoms with Crippen molar-refractivity contribution in [1.82, 2.24) is 15.1 Å². The molecule has 19 heavy (non-hydrogen) atoms. The Balaban J connectivity index is 2.38. The molecule has 1 rings (SSSR count). The number of nitrogens with one attached hydrogen (secondary N) is 1. The summed E-state index contributed by atoms with van der Waals surface area (Å²) in [4.78, 5) is 23.2. The molecule has 1 amide bonds. The average Bonchev–Trinajstić information content (AvgIpc) is 2.79. The van der Waals surface area contributed by atoms with Crippen molar-refractivity contribution in [3.8, 4) is 0 Å². The van der Waals surface area contributed by atoms with Crippen LogP contribution in [0.1, 0.15) is 19.0 Å². The van der Waals surface area contributed by atoms with Crippen LogP contribution in [0.25, 0.3) is 0 Å². The van der Waals surface area contributed by atoms with Crippen LogP contribution in [0.4, 0.5) is 0 Å². The van der Waals surface area contributed by atoms with Gasteiger partial charge in [-0.2, -0.15) is 17.7 Å². The number of thiol groups is 1. The van der Waals surface area contributed by atoms with Gasteiger partial charge in [0.25, 0.3) is 0 Å². The number of rotatable bonds is 7. The van der Waals surface area contributed by atoms with E-state index in [9.17, 15) is 9.59 Å². The van der Waals surface area contributed by atoms with Crippen LogP contribution in [0.2, 0.25) is 0 Å². The highest BCUT2D eigenvalue weighted by atomic mass is 32.1. The van der Waals surface area contributed by atoms with Gasteiger partial charge in [-0.05, 0) is 19.9 Å². The molecule has 0 aromatic carbocycles. The van der Waals surface area contributed by atoms with Crippen molar-refractivity contribution in [2.24, 2.45) is 0 Å². The molecule has 1 aromatic rings. The minimum Gasteiger partial charge on any atom is -0.464 e. The van der Waals surface area contributed by atoms with Gasteiger partial charge in [-0.15, -0.1) is 0 Å². The molecular formula is C12H19N3O3S. The van der Waals surface area contributed by atoms with Gasteiger partial charge >= 0.3 is 5.97 Å². The Hall–Kier alpha value is -1.50. The van der Waals surface area contributed by atoms with Crippen LogP contribution in [0.5, 0.6) is 0 Å². The second-order valence-electron chi connectivity index (χ2n) is 4.02. The van der Waals surface area contributed by atoms with Crippen molar-refractivity contribution < 1.29 is 14.3 Å². The zero-order valence-electron chi connectivity index (χ0n) is 11.1. The Morgan fingerprint density at radius 2 is 2.32 bits per heavy atom. The van der Waals surface area contributed by atoms with Gasteiger partial charge in [0.15, 0.2) is 0 Å². The Bertz CT molecular complexity index is 434. The van der Waals surface area contributed by atoms with Crippen LogP contribution < -0.4 is 5.32 Å². The highest BCUT2D eigenvalue weighted by Crippen LogP contribution is 1.97. The van der Waals surface area contributed by atoms with Gasteiger partial charge in [0, 0.05) is 24.9 Å². The van der Waals surface area contributed by atoms with Gasteiger partial charge in [-0.1, -0.05) is 0 Å². The Kier molecular flexibility index (Phi) is 6.41. The molecule has 106 valence electrons. The zero-order valence-corrected chi connectivity index (χ0v) is 12.0. The summed E-state index contributed by atoms with van der Waals surface area (Å²) in [5.74, 6) is -0.466. The predicted octanol–water partition coefficient (Wildman–Crippen LogP) is 0.559. The summed E-state index contributed by atoms with van der Waals surface area (Å²) < 4.78 is 6.53. The standard InChI is InChI=1S/C12H19N3O3S/c1-3-18-12(17)10(8-19)13-11(16)5-7-15-6-4-9(2)14-15/h4,6,10,19H,3,5,7-8H2,1-2H3,(H,13,16)/t10-/m0/s1. The first-order chi connectivity index (χ1) is 9.06. The quantitative estimate of drug-likeness (QED) is 0.567. The molecule has 0 unspecified atom stereocenters. The van der Waals surface area contributed by atoms with Crippen molar-refractivity contribution in [1.29, 1.82) is 0 Å². The normalized spacial score (nSPS) is 11.9. The lowest BCUT2D eigenvalue weighted by Gasteiger charge is -2.14. The first-order valence-corrected chi connectivity index (χ1v) is 6.77. The summed E-state index contributed by atoms with van der Waals surface area (Å²) in [6, 6.07) is 1.17. The van der Waals surface area contributed by atoms with E-state index < -0.39 is 12.0 Å². The summed E-state index contributed by atoms with van der Waals surface area (Å²) in [7, 11) is 0. The Labute approximate surface area is 117 Å². The number of hydrogen-bond donors (Lipinski definition) is 2. The molecule has 6 nitrogen and oxygen atoms in total. The van der Waals surface area contributed by atoms with Gasteiger partial charge < -0.3 is 10.1 Å². The molecule has 0 fully saturated rings. The minimum atomic E-state index is -0.699. The third-order valence-corrected chi connectivity index (χ3v) is 2.80. The molecule has 1 aromatic heterocycles. The van der Waals surface area contributed by atoms with Crippen molar-refractivity contribution >= 4 is 24.5 Å². The van der Waals surface area contributed by atoms with E-state index in [0.29, 0.717) is 6.54 Å². The zero-order chi connectivity index (χ0) is 14.3. The van der Waals surface area contributed by atoms with Crippen molar-refractivity contribution in [2.75, 3.05) is 12.4 Å². The first kappa shape index (κ1) is 15.6. The molecule has 0 bridgehead atoms. The summed E-state index contributed by atoms with van der Waals surface area (Å²) >= 11 is 4.03. The number of hydrogen-bond acceptors (Lipinski definition) is 5. The molecule has 0 spiro atoms. The molecule has 0 radical (unpaired) electrons. The van der Waals surface area contributed by atoms with Gasteiger partial charge in [0.1, 0.15) is 6.04 Å². The molecule has 1 N–H and O–H groups in total. The van der Waals surface area contributed by atoms with E-state index in [2.05, 4.69) is 23.0 Å². The van der Waals surface area contributed by atoms with Crippen molar-refractivity contribution in [3.63, 3.8) is 0 Å². The lowest BCUT2D eigenvalue weighted by molar-refractivity contribution is -0.146. The lowest BCUT2D eigenvalue weighted by atomic mass is 10.3. The summed E-state index contributed by atoms with van der Waals surface area (Å²) in [6.45, 7) is 4.36. The molecule has 0 saturated carbocycles. The van der Waals surface area contributed by atoms with Gasteiger partial charge in [-0.25, -0.2) is 4.79 Å². The summed E-state index contributed by atoms with van der Waals surface area (Å²) in [5.41, 5.74) is 0.903. The predicted molar refractivity (Wildman–Crippen MR) is 74.0 cm³/mol. The number of nitrogens with zero attached hydrogens (tertiary/aromatic N) is 2. The molecule has 0 aliphatic rings. The van der Waals surface area contributed by atoms with E-state index in [1.807, 2.05) is 19.2 Å². The molecule has 0 aliphatic heterocycles. The highest BCUT2D eigenvalue weighted by molar-refractivity contribution is 7.80. The van der Waals surface area contributed by atoms with Crippen LogP contribution >= 0.6 is 12.6 Å². The fourth-order valence-electron chi connectivity index (χ4n) is 1.49. The van der Waals surface area contributed by atoms with Gasteiger partial charge in [0.2, 0.25) is 5.91 Å². The maximum absolute atomic E-state index is 11.7. The highest BCUT2D eigenvalue weighted by Gasteiger charge is 2.20. The Morgan fingerprint density at radius 3 is 2.84 bits per heavy atom. The van der Waals surface area contributed by atoms with Crippen molar-refractivity contribution in [3.05, 3.63) is 18.0 Å². The van der Waals surface area contributed by atoms with E-state index >= 15 is 0 Å². The third-order valence-electron chi connectivity index (χ3n) is 2.43. The maximum Gasteiger partial charge on any atom is 0.329 e. The number of aryl methyl sites for hydroxylation is 2. The lowest BCUT2D eigenvalue weighted by Crippen LogP contribution is -2.43. The van der Waals surface area contributed by atoms with Crippen LogP contribution in [-0.2, 0) is 20.9 Å². The molecule has 1 atom stereocenters. The number of amides is 1. The number of aromatic nitrogens is 2. The molecule has 0 saturated heterocycles. The molecule has 0 aliphatic carbocycles. The number of carbonyl (C=O) groups is 2. The van der Waals surface area contributed by atoms with E-state index in [1.165, 1.54) is 0 Å². The van der Waals surface area contributed by atoms with E-state index in [1.54, 1.807) is 11.6 Å². The largest absolute Gasteiger partial charge is 0.464 e. The fraction of sp³-hybridized carbons (Fsp3) is 0.583. The van der Waals surface area contributed by atoms with Crippen LogP contribution in [0.3, 0.4) is 0 Å². The summed E-state index contributed by atoms with van der Waals surface area (Å²) in [5, 5.41) is 6.77. The molecular weight excluding hydrogens is 266 g/mol. The minimum absolute atomic E-state index is 0.214. The van der Waals surface area contributed by atoms with Crippen molar-refractivity contribution in [2.45, 2.75) is 32.9 Å². The number of carbonyl (C=O) groups excluding carboxylic acids is 2.